The van der Waals surface area contributed by atoms with Gasteiger partial charge in [-0.2, -0.15) is 0 Å². The van der Waals surface area contributed by atoms with Crippen molar-refractivity contribution in [3.8, 4) is 5.75 Å². The summed E-state index contributed by atoms with van der Waals surface area (Å²) in [4.78, 5) is 11.8. The van der Waals surface area contributed by atoms with Gasteiger partial charge in [0, 0.05) is 6.42 Å². The lowest BCUT2D eigenvalue weighted by atomic mass is 9.51. The Kier molecular flexibility index (Phi) is 4.47. The second-order valence-corrected chi connectivity index (χ2v) is 9.41. The lowest BCUT2D eigenvalue weighted by Gasteiger charge is -2.53. The highest BCUT2D eigenvalue weighted by molar-refractivity contribution is 7.10. The molecule has 0 radical (unpaired) electrons. The molecule has 25 heavy (non-hydrogen) atoms. The van der Waals surface area contributed by atoms with Gasteiger partial charge >= 0.3 is 0 Å². The molecule has 2 fully saturated rings. The number of carbonyl (C=O) groups is 1. The van der Waals surface area contributed by atoms with Crippen LogP contribution in [0.3, 0.4) is 0 Å². The monoisotopic (exact) mass is 358 g/mol. The van der Waals surface area contributed by atoms with Gasteiger partial charge in [-0.3, -0.25) is 0 Å². The highest BCUT2D eigenvalue weighted by atomic mass is 31.0. The van der Waals surface area contributed by atoms with Gasteiger partial charge in [0.1, 0.15) is 11.5 Å². The molecule has 3 aliphatic rings. The average molecular weight is 358 g/mol. The highest BCUT2D eigenvalue weighted by Crippen LogP contribution is 2.64. The van der Waals surface area contributed by atoms with Crippen molar-refractivity contribution < 1.29 is 9.32 Å². The third kappa shape index (κ3) is 2.76. The van der Waals surface area contributed by atoms with E-state index in [1.165, 1.54) is 37.7 Å². The predicted molar refractivity (Wildman–Crippen MR) is 105 cm³/mol. The van der Waals surface area contributed by atoms with Crippen LogP contribution in [-0.4, -0.2) is 5.78 Å². The molecule has 6 unspecified atom stereocenters. The molecule has 0 bridgehead atoms. The molecular weight excluding hydrogens is 327 g/mol. The number of benzene rings is 1. The molecule has 3 aliphatic carbocycles. The Morgan fingerprint density at radius 3 is 2.84 bits per heavy atom. The fourth-order valence-electron chi connectivity index (χ4n) is 6.82. The van der Waals surface area contributed by atoms with Crippen LogP contribution in [0.25, 0.3) is 0 Å². The van der Waals surface area contributed by atoms with Crippen molar-refractivity contribution in [2.75, 3.05) is 0 Å². The third-order valence-corrected chi connectivity index (χ3v) is 8.18. The Labute approximate surface area is 154 Å². The fourth-order valence-corrected chi connectivity index (χ4v) is 6.97. The maximum atomic E-state index is 11.8. The van der Waals surface area contributed by atoms with Gasteiger partial charge < -0.3 is 9.32 Å². The van der Waals surface area contributed by atoms with E-state index >= 15 is 0 Å². The molecule has 4 rings (SSSR count). The van der Waals surface area contributed by atoms with Crippen LogP contribution in [0.5, 0.6) is 5.75 Å². The first kappa shape index (κ1) is 17.5. The lowest BCUT2D eigenvalue weighted by Crippen LogP contribution is -2.45. The summed E-state index contributed by atoms with van der Waals surface area (Å²) in [6.07, 6.45) is 7.10. The van der Waals surface area contributed by atoms with E-state index in [1.807, 2.05) is 0 Å². The number of Topliss-reactive ketones (excluding diaryl/α,β-unsaturated/α-hetero) is 1. The van der Waals surface area contributed by atoms with Crippen LogP contribution in [0.15, 0.2) is 18.2 Å². The van der Waals surface area contributed by atoms with E-state index < -0.39 is 0 Å². The van der Waals surface area contributed by atoms with Gasteiger partial charge in [-0.1, -0.05) is 19.9 Å². The Balaban J connectivity index is 1.66. The summed E-state index contributed by atoms with van der Waals surface area (Å²) in [7, 11) is 2.36. The average Bonchev–Trinajstić information content (AvgIpc) is 2.90. The first-order chi connectivity index (χ1) is 11.9. The highest BCUT2D eigenvalue weighted by Gasteiger charge is 2.56. The van der Waals surface area contributed by atoms with Crippen molar-refractivity contribution in [1.29, 1.82) is 0 Å². The third-order valence-electron chi connectivity index (χ3n) is 7.91. The smallest absolute Gasteiger partial charge is 0.130 e. The first-order valence-electron chi connectivity index (χ1n) is 9.93. The zero-order chi connectivity index (χ0) is 17.8. The molecule has 0 amide bonds. The van der Waals surface area contributed by atoms with Crippen molar-refractivity contribution >= 4 is 15.2 Å². The molecule has 0 heterocycles. The van der Waals surface area contributed by atoms with E-state index in [4.69, 9.17) is 4.52 Å². The summed E-state index contributed by atoms with van der Waals surface area (Å²) in [5.41, 5.74) is 3.45. The summed E-state index contributed by atoms with van der Waals surface area (Å²) in [6, 6.07) is 6.69. The second-order valence-electron chi connectivity index (χ2n) is 9.18. The largest absolute Gasteiger partial charge is 0.480 e. The van der Waals surface area contributed by atoms with Gasteiger partial charge in [-0.25, -0.2) is 0 Å². The molecule has 0 saturated heterocycles. The maximum Gasteiger partial charge on any atom is 0.130 e. The van der Waals surface area contributed by atoms with E-state index in [-0.39, 0.29) is 0 Å². The quantitative estimate of drug-likeness (QED) is 0.662. The van der Waals surface area contributed by atoms with Crippen molar-refractivity contribution in [2.45, 2.75) is 65.2 Å². The zero-order valence-corrected chi connectivity index (χ0v) is 16.9. The Bertz CT molecular complexity index is 685. The normalized spacial score (nSPS) is 39.3. The fraction of sp³-hybridized carbons (Fsp3) is 0.682. The van der Waals surface area contributed by atoms with Crippen LogP contribution >= 0.6 is 9.47 Å². The summed E-state index contributed by atoms with van der Waals surface area (Å²) < 4.78 is 5.37. The number of hydrogen-bond acceptors (Lipinski definition) is 2. The number of carbonyl (C=O) groups excluding carboxylic acids is 1. The molecular formula is C22H31O2P. The Hall–Kier alpha value is -0.880. The van der Waals surface area contributed by atoms with Gasteiger partial charge in [0.05, 0.1) is 9.47 Å². The molecule has 2 nitrogen and oxygen atoms in total. The van der Waals surface area contributed by atoms with Crippen molar-refractivity contribution in [1.82, 2.24) is 0 Å². The molecule has 7 atom stereocenters. The van der Waals surface area contributed by atoms with E-state index in [1.54, 1.807) is 12.5 Å². The van der Waals surface area contributed by atoms with E-state index in [0.29, 0.717) is 23.0 Å². The number of ketones is 1. The number of rotatable bonds is 3. The minimum Gasteiger partial charge on any atom is -0.480 e. The van der Waals surface area contributed by atoms with E-state index in [9.17, 15) is 4.79 Å². The van der Waals surface area contributed by atoms with Crippen molar-refractivity contribution in [3.05, 3.63) is 29.3 Å². The second kappa shape index (κ2) is 6.38. The summed E-state index contributed by atoms with van der Waals surface area (Å²) >= 11 is 0. The lowest BCUT2D eigenvalue weighted by molar-refractivity contribution is -0.119. The topological polar surface area (TPSA) is 26.3 Å². The minimum absolute atomic E-state index is 0.376. The van der Waals surface area contributed by atoms with Gasteiger partial charge in [0.15, 0.2) is 0 Å². The minimum atomic E-state index is 0.376. The molecule has 136 valence electrons. The van der Waals surface area contributed by atoms with Crippen molar-refractivity contribution in [2.24, 2.45) is 29.1 Å². The molecule has 0 spiro atoms. The SMILES string of the molecule is CC(=O)C[C@H]1CCC2C3C(C)Cc4cc(OP)ccc4C3CCC21C. The molecule has 0 N–H and O–H groups in total. The number of fused-ring (bicyclic) bond motifs is 5. The molecule has 1 aromatic carbocycles. The van der Waals surface area contributed by atoms with Crippen LogP contribution < -0.4 is 4.52 Å². The van der Waals surface area contributed by atoms with Gasteiger partial charge in [-0.15, -0.1) is 0 Å². The molecule has 0 aliphatic heterocycles. The Morgan fingerprint density at radius 2 is 2.12 bits per heavy atom. The van der Waals surface area contributed by atoms with Crippen molar-refractivity contribution in [3.63, 3.8) is 0 Å². The predicted octanol–water partition coefficient (Wildman–Crippen LogP) is 5.55. The van der Waals surface area contributed by atoms with Crippen LogP contribution in [-0.2, 0) is 11.2 Å². The molecule has 2 saturated carbocycles. The van der Waals surface area contributed by atoms with Crippen LogP contribution in [0.4, 0.5) is 0 Å². The zero-order valence-electron chi connectivity index (χ0n) is 15.8. The summed E-state index contributed by atoms with van der Waals surface area (Å²) in [5.74, 6) is 4.93. The van der Waals surface area contributed by atoms with E-state index in [2.05, 4.69) is 41.5 Å². The first-order valence-corrected chi connectivity index (χ1v) is 10.4. The van der Waals surface area contributed by atoms with Crippen LogP contribution in [0.1, 0.15) is 69.9 Å². The van der Waals surface area contributed by atoms with Crippen LogP contribution in [0.2, 0.25) is 0 Å². The maximum absolute atomic E-state index is 11.8. The van der Waals surface area contributed by atoms with E-state index in [0.717, 1.165) is 29.9 Å². The van der Waals surface area contributed by atoms with Gasteiger partial charge in [0.2, 0.25) is 0 Å². The van der Waals surface area contributed by atoms with Crippen LogP contribution in [0, 0.1) is 29.1 Å². The standard InChI is InChI=1S/C22H31O2P/c1-13-10-15-12-17(24-25)5-6-18(15)19-8-9-22(3)16(11-14(2)23)4-7-20(22)21(13)19/h5-6,12-13,16,19-21H,4,7-11,25H2,1-3H3/t13?,16-,19?,20?,21?,22?/m1/s1. The van der Waals surface area contributed by atoms with Gasteiger partial charge in [0.25, 0.3) is 0 Å². The number of hydrogen-bond donors (Lipinski definition) is 0. The molecule has 3 heteroatoms. The van der Waals surface area contributed by atoms with Gasteiger partial charge in [-0.05, 0) is 97.3 Å². The molecule has 1 aromatic rings. The summed E-state index contributed by atoms with van der Waals surface area (Å²) in [5, 5.41) is 0. The Morgan fingerprint density at radius 1 is 1.32 bits per heavy atom. The summed E-state index contributed by atoms with van der Waals surface area (Å²) in [6.45, 7) is 6.73. The molecule has 0 aromatic heterocycles.